The summed E-state index contributed by atoms with van der Waals surface area (Å²) in [7, 11) is 0. The van der Waals surface area contributed by atoms with E-state index in [2.05, 4.69) is 0 Å². The molecule has 0 aromatic heterocycles. The Morgan fingerprint density at radius 2 is 2.33 bits per heavy atom. The molecule has 0 aromatic carbocycles. The van der Waals surface area contributed by atoms with Gasteiger partial charge in [-0.1, -0.05) is 0 Å². The number of carbonyl (C=O) groups is 1. The molecule has 12 heavy (non-hydrogen) atoms. The number of hydrogen-bond donors (Lipinski definition) is 0. The molecule has 0 amide bonds. The fraction of sp³-hybridized carbons (Fsp3) is 0.571. The lowest BCUT2D eigenvalue weighted by Crippen LogP contribution is -2.28. The van der Waals surface area contributed by atoms with Crippen molar-refractivity contribution < 1.29 is 13.6 Å². The van der Waals surface area contributed by atoms with Gasteiger partial charge in [0, 0.05) is 19.2 Å². The molecule has 2 nitrogen and oxygen atoms in total. The standard InChI is InChI=1S/C7H8ClF2NO/c8-4-11-2-1-6(12)5(3-11)7(9)10/h3,7H,1-2,4H2. The Bertz CT molecular complexity index is 217. The van der Waals surface area contributed by atoms with Crippen LogP contribution in [0.2, 0.25) is 0 Å². The molecule has 0 atom stereocenters. The van der Waals surface area contributed by atoms with Crippen molar-refractivity contribution in [1.29, 1.82) is 0 Å². The number of ketones is 1. The second-order valence-corrected chi connectivity index (χ2v) is 2.73. The van der Waals surface area contributed by atoms with Gasteiger partial charge in [-0.2, -0.15) is 0 Å². The molecule has 1 aliphatic rings. The molecule has 0 unspecified atom stereocenters. The largest absolute Gasteiger partial charge is 0.363 e. The molecular weight excluding hydrogens is 188 g/mol. The first-order chi connectivity index (χ1) is 5.65. The van der Waals surface area contributed by atoms with Crippen LogP contribution in [0.25, 0.3) is 0 Å². The van der Waals surface area contributed by atoms with E-state index < -0.39 is 17.8 Å². The van der Waals surface area contributed by atoms with Crippen molar-refractivity contribution in [2.24, 2.45) is 0 Å². The van der Waals surface area contributed by atoms with Gasteiger partial charge in [0.2, 0.25) is 0 Å². The third kappa shape index (κ3) is 1.94. The molecule has 0 fully saturated rings. The van der Waals surface area contributed by atoms with Crippen molar-refractivity contribution in [3.05, 3.63) is 11.8 Å². The smallest absolute Gasteiger partial charge is 0.268 e. The molecule has 0 bridgehead atoms. The van der Waals surface area contributed by atoms with Crippen molar-refractivity contribution in [3.63, 3.8) is 0 Å². The molecule has 0 aromatic rings. The monoisotopic (exact) mass is 195 g/mol. The average molecular weight is 196 g/mol. The van der Waals surface area contributed by atoms with Crippen molar-refractivity contribution in [2.45, 2.75) is 12.8 Å². The zero-order valence-corrected chi connectivity index (χ0v) is 7.02. The van der Waals surface area contributed by atoms with Gasteiger partial charge in [-0.25, -0.2) is 8.78 Å². The minimum Gasteiger partial charge on any atom is -0.363 e. The van der Waals surface area contributed by atoms with Crippen molar-refractivity contribution in [3.8, 4) is 0 Å². The molecular formula is C7H8ClF2NO. The number of halogens is 3. The van der Waals surface area contributed by atoms with Crippen LogP contribution in [0.3, 0.4) is 0 Å². The van der Waals surface area contributed by atoms with Crippen LogP contribution >= 0.6 is 11.6 Å². The molecule has 0 N–H and O–H groups in total. The summed E-state index contributed by atoms with van der Waals surface area (Å²) in [6.45, 7) is 0.429. The number of Topliss-reactive ketones (excluding diaryl/α,β-unsaturated/α-hetero) is 1. The lowest BCUT2D eigenvalue weighted by Gasteiger charge is -2.22. The Morgan fingerprint density at radius 1 is 1.67 bits per heavy atom. The zero-order valence-electron chi connectivity index (χ0n) is 6.27. The molecule has 68 valence electrons. The van der Waals surface area contributed by atoms with Gasteiger partial charge in [-0.05, 0) is 0 Å². The van der Waals surface area contributed by atoms with Crippen LogP contribution in [0.1, 0.15) is 6.42 Å². The predicted molar refractivity (Wildman–Crippen MR) is 41.1 cm³/mol. The highest BCUT2D eigenvalue weighted by Gasteiger charge is 2.24. The van der Waals surface area contributed by atoms with E-state index in [-0.39, 0.29) is 12.4 Å². The summed E-state index contributed by atoms with van der Waals surface area (Å²) < 4.78 is 24.2. The van der Waals surface area contributed by atoms with Crippen LogP contribution in [0.5, 0.6) is 0 Å². The summed E-state index contributed by atoms with van der Waals surface area (Å²) >= 11 is 5.42. The second-order valence-electron chi connectivity index (χ2n) is 2.49. The Kier molecular flexibility index (Phi) is 3.03. The Hall–Kier alpha value is -0.640. The van der Waals surface area contributed by atoms with E-state index in [9.17, 15) is 13.6 Å². The summed E-state index contributed by atoms with van der Waals surface area (Å²) in [6, 6.07) is 0.142. The minimum atomic E-state index is -2.69. The highest BCUT2D eigenvalue weighted by molar-refractivity contribution is 6.17. The van der Waals surface area contributed by atoms with Gasteiger partial charge >= 0.3 is 0 Å². The molecule has 0 spiro atoms. The van der Waals surface area contributed by atoms with Crippen LogP contribution in [0.15, 0.2) is 11.8 Å². The molecule has 0 saturated heterocycles. The van der Waals surface area contributed by atoms with Crippen LogP contribution in [-0.4, -0.2) is 29.7 Å². The van der Waals surface area contributed by atoms with E-state index in [0.717, 1.165) is 6.20 Å². The highest BCUT2D eigenvalue weighted by atomic mass is 35.5. The van der Waals surface area contributed by atoms with Crippen LogP contribution < -0.4 is 0 Å². The normalized spacial score (nSPS) is 18.5. The molecule has 5 heteroatoms. The fourth-order valence-corrected chi connectivity index (χ4v) is 1.18. The number of allylic oxidation sites excluding steroid dienone is 1. The lowest BCUT2D eigenvalue weighted by atomic mass is 10.1. The maximum Gasteiger partial charge on any atom is 0.268 e. The van der Waals surface area contributed by atoms with Crippen LogP contribution in [-0.2, 0) is 4.79 Å². The molecule has 0 aliphatic carbocycles. The number of hydrogen-bond acceptors (Lipinski definition) is 2. The van der Waals surface area contributed by atoms with E-state index in [4.69, 9.17) is 11.6 Å². The maximum atomic E-state index is 12.1. The molecule has 0 saturated carbocycles. The number of alkyl halides is 3. The summed E-state index contributed by atoms with van der Waals surface area (Å²) in [6.07, 6.45) is -1.42. The first-order valence-electron chi connectivity index (χ1n) is 3.48. The van der Waals surface area contributed by atoms with E-state index >= 15 is 0 Å². The summed E-state index contributed by atoms with van der Waals surface area (Å²) in [5.41, 5.74) is -0.429. The average Bonchev–Trinajstić information content (AvgIpc) is 2.05. The predicted octanol–water partition coefficient (Wildman–Crippen LogP) is 1.61. The lowest BCUT2D eigenvalue weighted by molar-refractivity contribution is -0.117. The van der Waals surface area contributed by atoms with Gasteiger partial charge in [0.05, 0.1) is 11.6 Å². The molecule has 1 heterocycles. The number of rotatable bonds is 2. The molecule has 0 radical (unpaired) electrons. The van der Waals surface area contributed by atoms with Crippen LogP contribution in [0.4, 0.5) is 8.78 Å². The fourth-order valence-electron chi connectivity index (χ4n) is 0.995. The number of nitrogens with zero attached hydrogens (tertiary/aromatic N) is 1. The van der Waals surface area contributed by atoms with Gasteiger partial charge < -0.3 is 4.90 Å². The van der Waals surface area contributed by atoms with E-state index in [1.54, 1.807) is 0 Å². The van der Waals surface area contributed by atoms with Gasteiger partial charge in [0.25, 0.3) is 6.43 Å². The van der Waals surface area contributed by atoms with Gasteiger partial charge in [0.15, 0.2) is 5.78 Å². The topological polar surface area (TPSA) is 20.3 Å². The van der Waals surface area contributed by atoms with Crippen molar-refractivity contribution >= 4 is 17.4 Å². The SMILES string of the molecule is O=C1CCN(CCl)C=C1C(F)F. The first-order valence-corrected chi connectivity index (χ1v) is 4.01. The van der Waals surface area contributed by atoms with Crippen molar-refractivity contribution in [2.75, 3.05) is 12.5 Å². The maximum absolute atomic E-state index is 12.1. The first kappa shape index (κ1) is 9.45. The quantitative estimate of drug-likeness (QED) is 0.493. The minimum absolute atomic E-state index is 0.128. The van der Waals surface area contributed by atoms with Crippen LogP contribution in [0, 0.1) is 0 Å². The Balaban J connectivity index is 2.77. The van der Waals surface area contributed by atoms with Gasteiger partial charge in [-0.15, -0.1) is 11.6 Å². The van der Waals surface area contributed by atoms with E-state index in [0.29, 0.717) is 6.54 Å². The third-order valence-corrected chi connectivity index (χ3v) is 1.97. The van der Waals surface area contributed by atoms with Gasteiger partial charge in [0.1, 0.15) is 0 Å². The van der Waals surface area contributed by atoms with Crippen molar-refractivity contribution in [1.82, 2.24) is 4.90 Å². The van der Waals surface area contributed by atoms with Gasteiger partial charge in [-0.3, -0.25) is 4.79 Å². The summed E-state index contributed by atoms with van der Waals surface area (Å²) in [4.78, 5) is 12.4. The second kappa shape index (κ2) is 3.85. The molecule has 1 aliphatic heterocycles. The van der Waals surface area contributed by atoms with E-state index in [1.807, 2.05) is 0 Å². The third-order valence-electron chi connectivity index (χ3n) is 1.66. The Morgan fingerprint density at radius 3 is 2.83 bits per heavy atom. The highest BCUT2D eigenvalue weighted by Crippen LogP contribution is 2.17. The summed E-state index contributed by atoms with van der Waals surface area (Å²) in [5.74, 6) is -0.480. The molecule has 1 rings (SSSR count). The summed E-state index contributed by atoms with van der Waals surface area (Å²) in [5, 5.41) is 0. The number of carbonyl (C=O) groups excluding carboxylic acids is 1. The van der Waals surface area contributed by atoms with E-state index in [1.165, 1.54) is 4.90 Å². The zero-order chi connectivity index (χ0) is 9.14. The Labute approximate surface area is 73.8 Å².